The number of hydrogen-bond acceptors (Lipinski definition) is 6. The van der Waals surface area contributed by atoms with E-state index in [0.717, 1.165) is 24.0 Å². The summed E-state index contributed by atoms with van der Waals surface area (Å²) in [6, 6.07) is 13.9. The highest BCUT2D eigenvalue weighted by molar-refractivity contribution is 5.95. The molecule has 1 aliphatic rings. The van der Waals surface area contributed by atoms with Crippen molar-refractivity contribution in [3.63, 3.8) is 0 Å². The van der Waals surface area contributed by atoms with Crippen LogP contribution in [-0.4, -0.2) is 35.1 Å². The van der Waals surface area contributed by atoms with Gasteiger partial charge in [-0.1, -0.05) is 6.07 Å². The smallest absolute Gasteiger partial charge is 0.267 e. The van der Waals surface area contributed by atoms with Crippen LogP contribution in [0.25, 0.3) is 0 Å². The molecule has 0 saturated heterocycles. The summed E-state index contributed by atoms with van der Waals surface area (Å²) in [5.74, 6) is 0.171. The van der Waals surface area contributed by atoms with Crippen LogP contribution in [0, 0.1) is 0 Å². The van der Waals surface area contributed by atoms with E-state index >= 15 is 0 Å². The van der Waals surface area contributed by atoms with Crippen molar-refractivity contribution >= 4 is 11.8 Å². The quantitative estimate of drug-likeness (QED) is 0.512. The summed E-state index contributed by atoms with van der Waals surface area (Å²) < 4.78 is 11.0. The Morgan fingerprint density at radius 1 is 1.15 bits per heavy atom. The minimum Gasteiger partial charge on any atom is -0.504 e. The molecule has 4 rings (SSSR count). The lowest BCUT2D eigenvalue weighted by Gasteiger charge is -2.26. The number of ether oxygens (including phenoxy) is 2. The van der Waals surface area contributed by atoms with Crippen LogP contribution in [0.3, 0.4) is 0 Å². The van der Waals surface area contributed by atoms with E-state index in [-0.39, 0.29) is 35.7 Å². The van der Waals surface area contributed by atoms with Gasteiger partial charge in [0.15, 0.2) is 11.5 Å². The monoisotopic (exact) mass is 447 g/mol. The molecule has 0 aliphatic heterocycles. The molecule has 2 amide bonds. The van der Waals surface area contributed by atoms with E-state index in [0.29, 0.717) is 17.7 Å². The van der Waals surface area contributed by atoms with Crippen LogP contribution in [0.2, 0.25) is 0 Å². The Morgan fingerprint density at radius 2 is 2.00 bits per heavy atom. The highest BCUT2D eigenvalue weighted by Crippen LogP contribution is 2.28. The maximum atomic E-state index is 12.7. The number of carbonyl (C=O) groups excluding carboxylic acids is 2. The van der Waals surface area contributed by atoms with E-state index < -0.39 is 5.91 Å². The number of primary amides is 1. The fraction of sp³-hybridized carbons (Fsp3) is 0.240. The fourth-order valence-electron chi connectivity index (χ4n) is 3.90. The number of aromatic hydroxyl groups is 1. The van der Waals surface area contributed by atoms with Gasteiger partial charge in [-0.25, -0.2) is 0 Å². The van der Waals surface area contributed by atoms with Crippen molar-refractivity contribution in [2.75, 3.05) is 7.11 Å². The number of nitrogens with two attached hydrogens (primary N) is 1. The van der Waals surface area contributed by atoms with Gasteiger partial charge in [0.25, 0.3) is 11.8 Å². The zero-order valence-electron chi connectivity index (χ0n) is 18.2. The Kier molecular flexibility index (Phi) is 6.44. The van der Waals surface area contributed by atoms with Crippen molar-refractivity contribution in [2.45, 2.75) is 31.9 Å². The average Bonchev–Trinajstić information content (AvgIpc) is 2.83. The van der Waals surface area contributed by atoms with Crippen LogP contribution in [0.5, 0.6) is 17.2 Å². The Balaban J connectivity index is 1.40. The second-order valence-corrected chi connectivity index (χ2v) is 7.93. The molecular formula is C25H25N3O5. The van der Waals surface area contributed by atoms with Crippen molar-refractivity contribution in [3.05, 3.63) is 82.7 Å². The van der Waals surface area contributed by atoms with Gasteiger partial charge in [-0.3, -0.25) is 14.6 Å². The number of amides is 2. The summed E-state index contributed by atoms with van der Waals surface area (Å²) in [6.45, 7) is 0.282. The summed E-state index contributed by atoms with van der Waals surface area (Å²) in [4.78, 5) is 27.9. The minimum atomic E-state index is -0.579. The zero-order valence-corrected chi connectivity index (χ0v) is 18.2. The predicted octanol–water partition coefficient (Wildman–Crippen LogP) is 2.76. The van der Waals surface area contributed by atoms with E-state index in [9.17, 15) is 14.7 Å². The average molecular weight is 447 g/mol. The van der Waals surface area contributed by atoms with Crippen LogP contribution in [0.4, 0.5) is 0 Å². The Bertz CT molecular complexity index is 1190. The maximum absolute atomic E-state index is 12.7. The lowest BCUT2D eigenvalue weighted by Crippen LogP contribution is -2.38. The van der Waals surface area contributed by atoms with Gasteiger partial charge in [-0.2, -0.15) is 0 Å². The number of nitrogens with one attached hydrogen (secondary N) is 1. The Labute approximate surface area is 191 Å². The van der Waals surface area contributed by atoms with Gasteiger partial charge < -0.3 is 25.6 Å². The molecule has 1 aromatic heterocycles. The lowest BCUT2D eigenvalue weighted by molar-refractivity contribution is 0.0932. The molecule has 0 radical (unpaired) electrons. The van der Waals surface area contributed by atoms with Gasteiger partial charge in [0.05, 0.1) is 7.11 Å². The van der Waals surface area contributed by atoms with Gasteiger partial charge in [0, 0.05) is 17.8 Å². The molecule has 8 heteroatoms. The van der Waals surface area contributed by atoms with Crippen molar-refractivity contribution in [3.8, 4) is 17.2 Å². The molecule has 1 aliphatic carbocycles. The molecular weight excluding hydrogens is 422 g/mol. The van der Waals surface area contributed by atoms with E-state index in [1.54, 1.807) is 18.2 Å². The van der Waals surface area contributed by atoms with Gasteiger partial charge >= 0.3 is 0 Å². The first-order chi connectivity index (χ1) is 15.9. The number of aromatic nitrogens is 1. The molecule has 33 heavy (non-hydrogen) atoms. The first-order valence-electron chi connectivity index (χ1n) is 10.6. The van der Waals surface area contributed by atoms with Gasteiger partial charge in [-0.15, -0.1) is 0 Å². The number of phenolic OH excluding ortho intramolecular Hbond substituents is 1. The van der Waals surface area contributed by atoms with Crippen molar-refractivity contribution in [1.82, 2.24) is 10.3 Å². The molecule has 170 valence electrons. The number of pyridine rings is 1. The van der Waals surface area contributed by atoms with Crippen LogP contribution < -0.4 is 20.5 Å². The van der Waals surface area contributed by atoms with E-state index in [2.05, 4.69) is 16.4 Å². The first kappa shape index (κ1) is 22.1. The lowest BCUT2D eigenvalue weighted by atomic mass is 9.88. The molecule has 0 bridgehead atoms. The Hall–Kier alpha value is -4.07. The van der Waals surface area contributed by atoms with Gasteiger partial charge in [-0.05, 0) is 78.4 Å². The molecule has 8 nitrogen and oxygen atoms in total. The third-order valence-electron chi connectivity index (χ3n) is 5.67. The summed E-state index contributed by atoms with van der Waals surface area (Å²) in [5, 5.41) is 12.8. The summed E-state index contributed by atoms with van der Waals surface area (Å²) in [6.07, 6.45) is 3.91. The minimum absolute atomic E-state index is 0.00853. The third kappa shape index (κ3) is 5.23. The normalized spacial score (nSPS) is 14.8. The van der Waals surface area contributed by atoms with E-state index in [1.807, 2.05) is 12.1 Å². The second kappa shape index (κ2) is 9.60. The number of nitrogens with zero attached hydrogens (tertiary/aromatic N) is 1. The van der Waals surface area contributed by atoms with Crippen LogP contribution in [-0.2, 0) is 19.4 Å². The topological polar surface area (TPSA) is 124 Å². The van der Waals surface area contributed by atoms with Crippen molar-refractivity contribution in [2.24, 2.45) is 5.73 Å². The van der Waals surface area contributed by atoms with E-state index in [1.165, 1.54) is 31.0 Å². The number of fused-ring (bicyclic) bond motifs is 1. The number of rotatable bonds is 7. The fourth-order valence-corrected chi connectivity index (χ4v) is 3.90. The molecule has 3 aromatic rings. The summed E-state index contributed by atoms with van der Waals surface area (Å²) in [5.41, 5.74) is 9.07. The van der Waals surface area contributed by atoms with Crippen molar-refractivity contribution in [1.29, 1.82) is 0 Å². The van der Waals surface area contributed by atoms with Crippen LogP contribution >= 0.6 is 0 Å². The Morgan fingerprint density at radius 3 is 2.79 bits per heavy atom. The number of hydrogen-bond donors (Lipinski definition) is 3. The van der Waals surface area contributed by atoms with Gasteiger partial charge in [0.2, 0.25) is 0 Å². The number of methoxy groups -OCH3 is 1. The standard InChI is InChI=1S/C25H25N3O5/c1-32-23-13-17(4-7-22(23)29)25(31)28-19-5-2-16-3-6-20(12-18(16)11-19)33-14-15-8-9-27-21(10-15)24(26)30/h3-4,6-10,12-13,19,29H,2,5,11,14H2,1H3,(H2,26,30)(H,28,31). The molecule has 1 heterocycles. The zero-order chi connectivity index (χ0) is 23.4. The molecule has 4 N–H and O–H groups in total. The summed E-state index contributed by atoms with van der Waals surface area (Å²) >= 11 is 0. The molecule has 0 saturated carbocycles. The second-order valence-electron chi connectivity index (χ2n) is 7.93. The van der Waals surface area contributed by atoms with Crippen molar-refractivity contribution < 1.29 is 24.2 Å². The number of benzene rings is 2. The van der Waals surface area contributed by atoms with Crippen LogP contribution in [0.15, 0.2) is 54.7 Å². The maximum Gasteiger partial charge on any atom is 0.267 e. The molecule has 0 spiro atoms. The third-order valence-corrected chi connectivity index (χ3v) is 5.67. The molecule has 1 unspecified atom stereocenters. The summed E-state index contributed by atoms with van der Waals surface area (Å²) in [7, 11) is 1.44. The number of aryl methyl sites for hydroxylation is 1. The largest absolute Gasteiger partial charge is 0.504 e. The SMILES string of the molecule is COc1cc(C(=O)NC2CCc3ccc(OCc4ccnc(C(N)=O)c4)cc3C2)ccc1O. The number of phenols is 1. The highest BCUT2D eigenvalue weighted by Gasteiger charge is 2.22. The predicted molar refractivity (Wildman–Crippen MR) is 121 cm³/mol. The van der Waals surface area contributed by atoms with Crippen LogP contribution in [0.1, 0.15) is 44.0 Å². The van der Waals surface area contributed by atoms with E-state index in [4.69, 9.17) is 15.2 Å². The first-order valence-corrected chi connectivity index (χ1v) is 10.6. The number of carbonyl (C=O) groups is 2. The van der Waals surface area contributed by atoms with Gasteiger partial charge in [0.1, 0.15) is 18.1 Å². The highest BCUT2D eigenvalue weighted by atomic mass is 16.5. The molecule has 1 atom stereocenters. The molecule has 2 aromatic carbocycles. The molecule has 0 fully saturated rings.